The van der Waals surface area contributed by atoms with Crippen molar-refractivity contribution in [3.05, 3.63) is 0 Å². The standard InChI is InChI=1S/3Ga.12O.2Sc.3Y/q3*+3;12*-2;5*+3. The summed E-state index contributed by atoms with van der Waals surface area (Å²) in [5.41, 5.74) is 0. The van der Waals surface area contributed by atoms with E-state index < -0.39 is 0 Å². The Hall–Kier alpha value is 6.48. The van der Waals surface area contributed by atoms with Crippen LogP contribution in [0.25, 0.3) is 0 Å². The summed E-state index contributed by atoms with van der Waals surface area (Å²) >= 11 is 0. The molecule has 20 heavy (non-hydrogen) atoms. The smallest absolute Gasteiger partial charge is 2.00 e. The van der Waals surface area contributed by atoms with Gasteiger partial charge in [0.25, 0.3) is 0 Å². The zero-order valence-electron chi connectivity index (χ0n) is 9.52. The van der Waals surface area contributed by atoms with Crippen molar-refractivity contribution in [1.82, 2.24) is 0 Å². The van der Waals surface area contributed by atoms with Crippen LogP contribution < -0.4 is 0 Å². The first-order valence-electron chi connectivity index (χ1n) is 0. The molecule has 0 aromatic carbocycles. The molecule has 0 aliphatic carbocycles. The molecule has 0 spiro atoms. The fourth-order valence-electron chi connectivity index (χ4n) is 0. The van der Waals surface area contributed by atoms with Gasteiger partial charge in [0.15, 0.2) is 0 Å². The first-order valence-corrected chi connectivity index (χ1v) is 0. The van der Waals surface area contributed by atoms with Crippen LogP contribution in [0.4, 0.5) is 0 Å². The molecule has 0 unspecified atom stereocenters. The van der Waals surface area contributed by atoms with E-state index in [9.17, 15) is 0 Å². The largest absolute Gasteiger partial charge is 3.00 e. The summed E-state index contributed by atoms with van der Waals surface area (Å²) in [5.74, 6) is 0. The summed E-state index contributed by atoms with van der Waals surface area (Å²) in [6.07, 6.45) is 0. The van der Waals surface area contributed by atoms with E-state index in [1.165, 1.54) is 0 Å². The third-order valence-electron chi connectivity index (χ3n) is 0. The second kappa shape index (κ2) is 364. The summed E-state index contributed by atoms with van der Waals surface area (Å²) in [6.45, 7) is 0. The summed E-state index contributed by atoms with van der Waals surface area (Å²) in [5, 5.41) is 0. The maximum atomic E-state index is 0. The fourth-order valence-corrected chi connectivity index (χ4v) is 0. The molecule has 0 aromatic rings. The second-order valence-electron chi connectivity index (χ2n) is 0. The molecular formula is Ga3O12Sc2Y3. The molecule has 0 bridgehead atoms. The van der Waals surface area contributed by atoms with Crippen molar-refractivity contribution in [2.75, 3.05) is 0 Å². The molecule has 0 N–H and O–H groups in total. The van der Waals surface area contributed by atoms with Crippen LogP contribution in [0.2, 0.25) is 0 Å². The van der Waals surface area contributed by atoms with E-state index in [-0.39, 0.29) is 275 Å². The maximum Gasteiger partial charge on any atom is 3.00 e. The first kappa shape index (κ1) is 409. The van der Waals surface area contributed by atoms with Crippen LogP contribution in [0, 0.1) is 0 Å². The van der Waals surface area contributed by atoms with Crippen LogP contribution in [-0.4, -0.2) is 59.4 Å². The van der Waals surface area contributed by atoms with Gasteiger partial charge in [-0.1, -0.05) is 0 Å². The van der Waals surface area contributed by atoms with E-state index in [4.69, 9.17) is 0 Å². The molecule has 96 valence electrons. The van der Waals surface area contributed by atoms with Gasteiger partial charge in [0.05, 0.1) is 0 Å². The molecule has 0 saturated carbocycles. The Morgan fingerprint density at radius 2 is 0.200 bits per heavy atom. The summed E-state index contributed by atoms with van der Waals surface area (Å²) in [6, 6.07) is 0. The maximum absolute atomic E-state index is 0. The van der Waals surface area contributed by atoms with Crippen LogP contribution in [0.15, 0.2) is 0 Å². The monoisotopic (exact) mass is 755 g/mol. The molecule has 0 aromatic heterocycles. The van der Waals surface area contributed by atoms with Gasteiger partial charge in [-0.25, -0.2) is 0 Å². The van der Waals surface area contributed by atoms with Crippen molar-refractivity contribution in [3.8, 4) is 0 Å². The van der Waals surface area contributed by atoms with Gasteiger partial charge in [-0.2, -0.15) is 0 Å². The van der Waals surface area contributed by atoms with Crippen molar-refractivity contribution in [2.45, 2.75) is 0 Å². The molecule has 12 nitrogen and oxygen atoms in total. The van der Waals surface area contributed by atoms with E-state index in [1.807, 2.05) is 0 Å². The minimum atomic E-state index is 0. The fraction of sp³-hybridized carbons (Fsp3) is 0. The van der Waals surface area contributed by atoms with Gasteiger partial charge >= 0.3 is 209 Å². The molecule has 0 radical (unpaired) electrons. The predicted octanol–water partition coefficient (Wildman–Crippen LogP) is -2.58. The van der Waals surface area contributed by atoms with Gasteiger partial charge in [-0.3, -0.25) is 0 Å². The molecular weight excluding hydrogens is 758 g/mol. The Morgan fingerprint density at radius 3 is 0.200 bits per heavy atom. The number of rotatable bonds is 0. The molecule has 0 rings (SSSR count). The zero-order chi connectivity index (χ0) is 0. The van der Waals surface area contributed by atoms with Crippen molar-refractivity contribution in [2.24, 2.45) is 0 Å². The Bertz CT molecular complexity index is 31.9. The van der Waals surface area contributed by atoms with E-state index in [2.05, 4.69) is 0 Å². The Kier molecular flexibility index (Phi) is 7440. The van der Waals surface area contributed by atoms with Crippen molar-refractivity contribution in [3.63, 3.8) is 0 Å². The number of hydrogen-bond acceptors (Lipinski definition) is 0. The Balaban J connectivity index is 0. The van der Waals surface area contributed by atoms with E-state index in [0.717, 1.165) is 0 Å². The summed E-state index contributed by atoms with van der Waals surface area (Å²) in [4.78, 5) is 0. The topological polar surface area (TPSA) is 342 Å². The third kappa shape index (κ3) is 321. The predicted molar refractivity (Wildman–Crippen MR) is 25.5 cm³/mol. The molecule has 0 atom stereocenters. The molecule has 20 heteroatoms. The van der Waals surface area contributed by atoms with Gasteiger partial charge in [0.1, 0.15) is 0 Å². The molecule has 0 heterocycles. The van der Waals surface area contributed by atoms with E-state index >= 15 is 0 Å². The van der Waals surface area contributed by atoms with Crippen molar-refractivity contribution >= 4 is 59.4 Å². The van der Waals surface area contributed by atoms with Gasteiger partial charge in [-0.15, -0.1) is 0 Å². The number of hydrogen-bond donors (Lipinski definition) is 0. The van der Waals surface area contributed by atoms with Crippen LogP contribution >= 0.6 is 0 Å². The average Bonchev–Trinajstić information content (AvgIpc) is 0. The molecule has 0 fully saturated rings. The Morgan fingerprint density at radius 1 is 0.200 bits per heavy atom. The first-order chi connectivity index (χ1) is 0. The van der Waals surface area contributed by atoms with Crippen molar-refractivity contribution in [1.29, 1.82) is 0 Å². The summed E-state index contributed by atoms with van der Waals surface area (Å²) < 4.78 is 0. The van der Waals surface area contributed by atoms with Crippen LogP contribution in [0.5, 0.6) is 0 Å². The Labute approximate surface area is 269 Å². The molecule has 0 aliphatic heterocycles. The molecule has 0 aliphatic rings. The van der Waals surface area contributed by atoms with E-state index in [1.54, 1.807) is 0 Å². The zero-order valence-corrected chi connectivity index (χ0v) is 28.9. The average molecular weight is 758 g/mol. The van der Waals surface area contributed by atoms with Crippen LogP contribution in [0.1, 0.15) is 0 Å². The SMILES string of the molecule is [Ga+3].[Ga+3].[Ga+3].[O-2].[O-2].[O-2].[O-2].[O-2].[O-2].[O-2].[O-2].[O-2].[O-2].[O-2].[O-2].[Sc+3].[Sc+3].[Y+3].[Y+3].[Y+3]. The van der Waals surface area contributed by atoms with E-state index in [0.29, 0.717) is 0 Å². The quantitative estimate of drug-likeness (QED) is 0.230. The minimum Gasteiger partial charge on any atom is -2.00 e. The van der Waals surface area contributed by atoms with Crippen LogP contribution in [-0.2, 0) is 216 Å². The molecule has 0 amide bonds. The second-order valence-corrected chi connectivity index (χ2v) is 0. The normalized spacial score (nSPS) is 0. The van der Waals surface area contributed by atoms with Gasteiger partial charge < -0.3 is 65.7 Å². The van der Waals surface area contributed by atoms with Crippen LogP contribution in [0.3, 0.4) is 0 Å². The minimum absolute atomic E-state index is 0. The summed E-state index contributed by atoms with van der Waals surface area (Å²) in [7, 11) is 0. The molecule has 0 saturated heterocycles. The third-order valence-corrected chi connectivity index (χ3v) is 0. The van der Waals surface area contributed by atoms with Gasteiger partial charge in [0, 0.05) is 0 Å². The van der Waals surface area contributed by atoms with Crippen molar-refractivity contribution < 1.29 is 216 Å². The van der Waals surface area contributed by atoms with Gasteiger partial charge in [0.2, 0.25) is 0 Å². The van der Waals surface area contributed by atoms with Gasteiger partial charge in [-0.05, 0) is 0 Å².